The lowest BCUT2D eigenvalue weighted by Crippen LogP contribution is -2.38. The van der Waals surface area contributed by atoms with Gasteiger partial charge >= 0.3 is 0 Å². The molecule has 0 aromatic rings. The molecule has 0 radical (unpaired) electrons. The van der Waals surface area contributed by atoms with Crippen LogP contribution in [0.3, 0.4) is 0 Å². The molecule has 1 fully saturated rings. The van der Waals surface area contributed by atoms with Crippen LogP contribution < -0.4 is 5.32 Å². The first-order valence-corrected chi connectivity index (χ1v) is 7.16. The first-order chi connectivity index (χ1) is 9.02. The number of ether oxygens (including phenoxy) is 1. The molecule has 1 saturated carbocycles. The van der Waals surface area contributed by atoms with Crippen molar-refractivity contribution in [3.8, 4) is 0 Å². The van der Waals surface area contributed by atoms with Crippen LogP contribution in [-0.4, -0.2) is 35.6 Å². The molecule has 2 N–H and O–H groups in total. The van der Waals surface area contributed by atoms with E-state index in [0.29, 0.717) is 12.5 Å². The fourth-order valence-electron chi connectivity index (χ4n) is 2.14. The predicted octanol–water partition coefficient (Wildman–Crippen LogP) is 2.33. The quantitative estimate of drug-likeness (QED) is 0.575. The van der Waals surface area contributed by atoms with Crippen LogP contribution in [-0.2, 0) is 9.53 Å². The molecule has 0 aliphatic heterocycles. The second kappa shape index (κ2) is 8.15. The van der Waals surface area contributed by atoms with Gasteiger partial charge in [0.1, 0.15) is 6.10 Å². The van der Waals surface area contributed by atoms with E-state index >= 15 is 0 Å². The predicted molar refractivity (Wildman–Crippen MR) is 74.5 cm³/mol. The van der Waals surface area contributed by atoms with E-state index in [9.17, 15) is 4.79 Å². The summed E-state index contributed by atoms with van der Waals surface area (Å²) in [6, 6.07) is 0. The van der Waals surface area contributed by atoms with E-state index in [2.05, 4.69) is 24.3 Å². The standard InChI is InChI=1S/C14H26N2O3/c1-10(2)8-9-15-14(17)11(3)19-13-6-4-12(16-18)5-7-13/h10-11,13,18H,4-9H2,1-3H3,(H,15,17). The van der Waals surface area contributed by atoms with Crippen molar-refractivity contribution < 1.29 is 14.7 Å². The minimum absolute atomic E-state index is 0.0396. The fourth-order valence-corrected chi connectivity index (χ4v) is 2.14. The van der Waals surface area contributed by atoms with Gasteiger partial charge in [0.15, 0.2) is 0 Å². The summed E-state index contributed by atoms with van der Waals surface area (Å²) in [5.41, 5.74) is 0.828. The molecule has 110 valence electrons. The summed E-state index contributed by atoms with van der Waals surface area (Å²) in [5.74, 6) is 0.549. The fraction of sp³-hybridized carbons (Fsp3) is 0.857. The summed E-state index contributed by atoms with van der Waals surface area (Å²) in [7, 11) is 0. The van der Waals surface area contributed by atoms with Crippen molar-refractivity contribution >= 4 is 11.6 Å². The zero-order valence-electron chi connectivity index (χ0n) is 12.2. The van der Waals surface area contributed by atoms with Crippen molar-refractivity contribution in [1.82, 2.24) is 5.32 Å². The lowest BCUT2D eigenvalue weighted by Gasteiger charge is -2.25. The average Bonchev–Trinajstić information content (AvgIpc) is 2.39. The molecule has 5 nitrogen and oxygen atoms in total. The van der Waals surface area contributed by atoms with Gasteiger partial charge in [-0.2, -0.15) is 0 Å². The number of rotatable bonds is 6. The summed E-state index contributed by atoms with van der Waals surface area (Å²) >= 11 is 0. The zero-order chi connectivity index (χ0) is 14.3. The van der Waals surface area contributed by atoms with Crippen LogP contribution in [0, 0.1) is 5.92 Å². The number of hydrogen-bond acceptors (Lipinski definition) is 4. The highest BCUT2D eigenvalue weighted by molar-refractivity contribution is 5.84. The largest absolute Gasteiger partial charge is 0.411 e. The molecule has 1 unspecified atom stereocenters. The van der Waals surface area contributed by atoms with E-state index in [-0.39, 0.29) is 12.0 Å². The first-order valence-electron chi connectivity index (χ1n) is 7.16. The number of amides is 1. The molecule has 1 rings (SSSR count). The summed E-state index contributed by atoms with van der Waals surface area (Å²) in [4.78, 5) is 11.8. The Morgan fingerprint density at radius 3 is 2.58 bits per heavy atom. The van der Waals surface area contributed by atoms with Crippen LogP contribution in [0.4, 0.5) is 0 Å². The topological polar surface area (TPSA) is 70.9 Å². The van der Waals surface area contributed by atoms with E-state index in [0.717, 1.165) is 37.8 Å². The summed E-state index contributed by atoms with van der Waals surface area (Å²) in [6.07, 6.45) is 3.82. The molecule has 1 atom stereocenters. The van der Waals surface area contributed by atoms with Crippen LogP contribution in [0.25, 0.3) is 0 Å². The highest BCUT2D eigenvalue weighted by Gasteiger charge is 2.23. The SMILES string of the molecule is CC(C)CCNC(=O)C(C)OC1CCC(=NO)CC1. The van der Waals surface area contributed by atoms with E-state index in [1.807, 2.05) is 0 Å². The van der Waals surface area contributed by atoms with Crippen molar-refractivity contribution in [3.63, 3.8) is 0 Å². The third-order valence-corrected chi connectivity index (χ3v) is 3.44. The molecule has 1 aliphatic carbocycles. The second-order valence-corrected chi connectivity index (χ2v) is 5.62. The summed E-state index contributed by atoms with van der Waals surface area (Å²) < 4.78 is 5.75. The molecule has 5 heteroatoms. The van der Waals surface area contributed by atoms with Crippen molar-refractivity contribution in [2.45, 2.75) is 65.1 Å². The first kappa shape index (κ1) is 16.0. The Kier molecular flexibility index (Phi) is 6.84. The van der Waals surface area contributed by atoms with Crippen molar-refractivity contribution in [1.29, 1.82) is 0 Å². The number of carbonyl (C=O) groups excluding carboxylic acids is 1. The van der Waals surface area contributed by atoms with Crippen LogP contribution in [0.5, 0.6) is 0 Å². The molecule has 0 aromatic heterocycles. The number of carbonyl (C=O) groups is 1. The molecule has 19 heavy (non-hydrogen) atoms. The highest BCUT2D eigenvalue weighted by Crippen LogP contribution is 2.20. The molecule has 0 spiro atoms. The molecule has 0 bridgehead atoms. The monoisotopic (exact) mass is 270 g/mol. The number of nitrogens with one attached hydrogen (secondary N) is 1. The maximum Gasteiger partial charge on any atom is 0.248 e. The lowest BCUT2D eigenvalue weighted by atomic mass is 9.96. The lowest BCUT2D eigenvalue weighted by molar-refractivity contribution is -0.136. The molecule has 0 aromatic carbocycles. The van der Waals surface area contributed by atoms with E-state index in [4.69, 9.17) is 9.94 Å². The van der Waals surface area contributed by atoms with Crippen LogP contribution in [0.1, 0.15) is 52.9 Å². The van der Waals surface area contributed by atoms with Gasteiger partial charge in [-0.25, -0.2) is 0 Å². The van der Waals surface area contributed by atoms with E-state index < -0.39 is 6.10 Å². The normalized spacial score (nSPS) is 21.3. The zero-order valence-corrected chi connectivity index (χ0v) is 12.2. The maximum absolute atomic E-state index is 11.8. The highest BCUT2D eigenvalue weighted by atomic mass is 16.5. The molecule has 0 saturated heterocycles. The summed E-state index contributed by atoms with van der Waals surface area (Å²) in [5, 5.41) is 14.8. The molecule has 1 aliphatic rings. The molecular weight excluding hydrogens is 244 g/mol. The second-order valence-electron chi connectivity index (χ2n) is 5.62. The van der Waals surface area contributed by atoms with Gasteiger partial charge in [0.05, 0.1) is 11.8 Å². The summed E-state index contributed by atoms with van der Waals surface area (Å²) in [6.45, 7) is 6.76. The van der Waals surface area contributed by atoms with Gasteiger partial charge in [0, 0.05) is 6.54 Å². The Bertz CT molecular complexity index is 306. The van der Waals surface area contributed by atoms with Gasteiger partial charge in [0.25, 0.3) is 0 Å². The van der Waals surface area contributed by atoms with Crippen molar-refractivity contribution in [2.24, 2.45) is 11.1 Å². The Morgan fingerprint density at radius 2 is 2.05 bits per heavy atom. The smallest absolute Gasteiger partial charge is 0.248 e. The minimum Gasteiger partial charge on any atom is -0.411 e. The molecular formula is C14H26N2O3. The van der Waals surface area contributed by atoms with Gasteiger partial charge < -0.3 is 15.3 Å². The number of oxime groups is 1. The Labute approximate surface area is 115 Å². The third-order valence-electron chi connectivity index (χ3n) is 3.44. The average molecular weight is 270 g/mol. The van der Waals surface area contributed by atoms with Gasteiger partial charge in [-0.05, 0) is 44.9 Å². The number of hydrogen-bond donors (Lipinski definition) is 2. The van der Waals surface area contributed by atoms with Gasteiger partial charge in [0.2, 0.25) is 5.91 Å². The maximum atomic E-state index is 11.8. The van der Waals surface area contributed by atoms with Crippen molar-refractivity contribution in [3.05, 3.63) is 0 Å². The number of nitrogens with zero attached hydrogens (tertiary/aromatic N) is 1. The van der Waals surface area contributed by atoms with E-state index in [1.165, 1.54) is 0 Å². The van der Waals surface area contributed by atoms with Gasteiger partial charge in [-0.15, -0.1) is 0 Å². The Morgan fingerprint density at radius 1 is 1.42 bits per heavy atom. The van der Waals surface area contributed by atoms with Crippen LogP contribution in [0.15, 0.2) is 5.16 Å². The molecule has 0 heterocycles. The van der Waals surface area contributed by atoms with Crippen molar-refractivity contribution in [2.75, 3.05) is 6.54 Å². The third kappa shape index (κ3) is 6.05. The van der Waals surface area contributed by atoms with Crippen LogP contribution >= 0.6 is 0 Å². The Hall–Kier alpha value is -1.10. The minimum atomic E-state index is -0.412. The van der Waals surface area contributed by atoms with Gasteiger partial charge in [-0.1, -0.05) is 19.0 Å². The van der Waals surface area contributed by atoms with Gasteiger partial charge in [-0.3, -0.25) is 4.79 Å². The van der Waals surface area contributed by atoms with E-state index in [1.54, 1.807) is 6.92 Å². The molecule has 1 amide bonds. The Balaban J connectivity index is 2.23. The van der Waals surface area contributed by atoms with Crippen LogP contribution in [0.2, 0.25) is 0 Å².